The van der Waals surface area contributed by atoms with Gasteiger partial charge in [-0.05, 0) is 69.6 Å². The fourth-order valence-corrected chi connectivity index (χ4v) is 5.56. The highest BCUT2D eigenvalue weighted by atomic mass is 15.1. The molecular formula is C16H26N2. The molecule has 4 aliphatic carbocycles. The molecule has 18 heavy (non-hydrogen) atoms. The second kappa shape index (κ2) is 4.00. The molecule has 5 rings (SSSR count). The average Bonchev–Trinajstić information content (AvgIpc) is 2.71. The third-order valence-corrected chi connectivity index (χ3v) is 5.90. The van der Waals surface area contributed by atoms with Crippen molar-refractivity contribution >= 4 is 0 Å². The van der Waals surface area contributed by atoms with E-state index in [9.17, 15) is 0 Å². The van der Waals surface area contributed by atoms with Crippen LogP contribution >= 0.6 is 0 Å². The average molecular weight is 246 g/mol. The Morgan fingerprint density at radius 2 is 1.78 bits per heavy atom. The molecule has 2 N–H and O–H groups in total. The van der Waals surface area contributed by atoms with E-state index in [4.69, 9.17) is 0 Å². The molecule has 1 atom stereocenters. The van der Waals surface area contributed by atoms with Gasteiger partial charge < -0.3 is 10.6 Å². The Bertz CT molecular complexity index is 336. The second-order valence-corrected chi connectivity index (χ2v) is 7.54. The number of nitrogens with one attached hydrogen (secondary N) is 2. The van der Waals surface area contributed by atoms with Crippen molar-refractivity contribution in [1.82, 2.24) is 10.6 Å². The summed E-state index contributed by atoms with van der Waals surface area (Å²) in [5.41, 5.74) is 1.90. The monoisotopic (exact) mass is 246 g/mol. The zero-order valence-electron chi connectivity index (χ0n) is 11.5. The Kier molecular flexibility index (Phi) is 2.52. The summed E-state index contributed by atoms with van der Waals surface area (Å²) in [6.45, 7) is 3.35. The van der Waals surface area contributed by atoms with Crippen molar-refractivity contribution in [2.75, 3.05) is 6.54 Å². The first kappa shape index (κ1) is 11.3. The van der Waals surface area contributed by atoms with Crippen LogP contribution in [0.15, 0.2) is 11.8 Å². The number of hydrogen-bond acceptors (Lipinski definition) is 2. The highest BCUT2D eigenvalue weighted by molar-refractivity contribution is 5.10. The van der Waals surface area contributed by atoms with Crippen LogP contribution in [-0.4, -0.2) is 18.1 Å². The van der Waals surface area contributed by atoms with Gasteiger partial charge in [0.05, 0.1) is 0 Å². The van der Waals surface area contributed by atoms with Crippen LogP contribution in [-0.2, 0) is 0 Å². The van der Waals surface area contributed by atoms with Crippen LogP contribution in [0.5, 0.6) is 0 Å². The first-order valence-corrected chi connectivity index (χ1v) is 7.89. The van der Waals surface area contributed by atoms with E-state index >= 15 is 0 Å². The number of hydrogen-bond donors (Lipinski definition) is 2. The van der Waals surface area contributed by atoms with E-state index in [0.29, 0.717) is 11.6 Å². The van der Waals surface area contributed by atoms with Gasteiger partial charge in [-0.1, -0.05) is 6.08 Å². The lowest BCUT2D eigenvalue weighted by Gasteiger charge is -2.57. The molecule has 1 unspecified atom stereocenters. The lowest BCUT2D eigenvalue weighted by molar-refractivity contribution is -0.0202. The summed E-state index contributed by atoms with van der Waals surface area (Å²) in [5.74, 6) is 3.17. The Morgan fingerprint density at radius 1 is 1.17 bits per heavy atom. The van der Waals surface area contributed by atoms with Crippen molar-refractivity contribution in [3.05, 3.63) is 11.8 Å². The van der Waals surface area contributed by atoms with Crippen molar-refractivity contribution < 1.29 is 0 Å². The Morgan fingerprint density at radius 3 is 2.28 bits per heavy atom. The standard InChI is InChI=1S/C16H26N2/c1-11-2-3-15(18-11)10-17-16-7-12-4-13(8-16)6-14(5-12)9-16/h2,12-15,17-18H,3-10H2,1H3. The molecule has 4 bridgehead atoms. The molecule has 0 radical (unpaired) electrons. The minimum absolute atomic E-state index is 0.535. The van der Waals surface area contributed by atoms with E-state index in [1.54, 1.807) is 19.3 Å². The van der Waals surface area contributed by atoms with Crippen molar-refractivity contribution in [1.29, 1.82) is 0 Å². The van der Waals surface area contributed by atoms with Crippen LogP contribution in [0.25, 0.3) is 0 Å². The molecule has 1 heterocycles. The fourth-order valence-electron chi connectivity index (χ4n) is 5.56. The second-order valence-electron chi connectivity index (χ2n) is 7.54. The minimum atomic E-state index is 0.535. The molecule has 4 fully saturated rings. The molecule has 2 heteroatoms. The van der Waals surface area contributed by atoms with E-state index in [1.807, 2.05) is 0 Å². The molecule has 4 saturated carbocycles. The smallest absolute Gasteiger partial charge is 0.0418 e. The Balaban J connectivity index is 1.39. The van der Waals surface area contributed by atoms with Crippen LogP contribution in [0.3, 0.4) is 0 Å². The molecule has 0 aromatic carbocycles. The zero-order chi connectivity index (χ0) is 12.2. The summed E-state index contributed by atoms with van der Waals surface area (Å²) in [4.78, 5) is 0. The van der Waals surface area contributed by atoms with Gasteiger partial charge in [-0.25, -0.2) is 0 Å². The zero-order valence-corrected chi connectivity index (χ0v) is 11.5. The minimum Gasteiger partial charge on any atom is -0.384 e. The molecule has 0 saturated heterocycles. The van der Waals surface area contributed by atoms with Gasteiger partial charge in [0, 0.05) is 23.8 Å². The molecule has 1 aliphatic heterocycles. The molecular weight excluding hydrogens is 220 g/mol. The van der Waals surface area contributed by atoms with E-state index < -0.39 is 0 Å². The number of allylic oxidation sites excluding steroid dienone is 1. The van der Waals surface area contributed by atoms with Gasteiger partial charge in [-0.15, -0.1) is 0 Å². The van der Waals surface area contributed by atoms with Crippen molar-refractivity contribution in [2.45, 2.75) is 63.5 Å². The summed E-state index contributed by atoms with van der Waals surface area (Å²) in [7, 11) is 0. The van der Waals surface area contributed by atoms with Gasteiger partial charge in [0.25, 0.3) is 0 Å². The first-order valence-electron chi connectivity index (χ1n) is 7.89. The molecule has 0 aromatic rings. The summed E-state index contributed by atoms with van der Waals surface area (Å²) in [6, 6.07) is 0.651. The molecule has 0 amide bonds. The SMILES string of the molecule is CC1=CCC(CNC23CC4CC(CC(C4)C2)C3)N1. The third kappa shape index (κ3) is 1.89. The maximum absolute atomic E-state index is 3.99. The highest BCUT2D eigenvalue weighted by Crippen LogP contribution is 2.55. The number of rotatable bonds is 3. The van der Waals surface area contributed by atoms with Crippen LogP contribution in [0.4, 0.5) is 0 Å². The maximum Gasteiger partial charge on any atom is 0.0418 e. The Hall–Kier alpha value is -0.500. The summed E-state index contributed by atoms with van der Waals surface area (Å²) >= 11 is 0. The van der Waals surface area contributed by atoms with Crippen LogP contribution < -0.4 is 10.6 Å². The third-order valence-electron chi connectivity index (χ3n) is 5.90. The highest BCUT2D eigenvalue weighted by Gasteiger charge is 2.50. The van der Waals surface area contributed by atoms with Gasteiger partial charge in [-0.3, -0.25) is 0 Å². The van der Waals surface area contributed by atoms with Crippen LogP contribution in [0.2, 0.25) is 0 Å². The summed E-state index contributed by atoms with van der Waals surface area (Å²) in [5, 5.41) is 7.58. The van der Waals surface area contributed by atoms with E-state index in [2.05, 4.69) is 23.6 Å². The maximum atomic E-state index is 3.99. The van der Waals surface area contributed by atoms with E-state index in [1.165, 1.54) is 37.9 Å². The predicted molar refractivity (Wildman–Crippen MR) is 74.2 cm³/mol. The van der Waals surface area contributed by atoms with Crippen molar-refractivity contribution in [3.63, 3.8) is 0 Å². The lowest BCUT2D eigenvalue weighted by atomic mass is 9.53. The van der Waals surface area contributed by atoms with Crippen LogP contribution in [0, 0.1) is 17.8 Å². The van der Waals surface area contributed by atoms with Crippen molar-refractivity contribution in [2.24, 2.45) is 17.8 Å². The quantitative estimate of drug-likeness (QED) is 0.800. The van der Waals surface area contributed by atoms with Gasteiger partial charge in [0.2, 0.25) is 0 Å². The molecule has 0 aromatic heterocycles. The topological polar surface area (TPSA) is 24.1 Å². The molecule has 5 aliphatic rings. The lowest BCUT2D eigenvalue weighted by Crippen LogP contribution is -2.60. The van der Waals surface area contributed by atoms with Crippen molar-refractivity contribution in [3.8, 4) is 0 Å². The summed E-state index contributed by atoms with van der Waals surface area (Å²) in [6.07, 6.45) is 12.6. The first-order chi connectivity index (χ1) is 8.71. The summed E-state index contributed by atoms with van der Waals surface area (Å²) < 4.78 is 0. The van der Waals surface area contributed by atoms with E-state index in [-0.39, 0.29) is 0 Å². The largest absolute Gasteiger partial charge is 0.384 e. The Labute approximate surface area is 111 Å². The van der Waals surface area contributed by atoms with Gasteiger partial charge in [0.15, 0.2) is 0 Å². The van der Waals surface area contributed by atoms with E-state index in [0.717, 1.165) is 17.8 Å². The van der Waals surface area contributed by atoms with Gasteiger partial charge in [-0.2, -0.15) is 0 Å². The molecule has 0 spiro atoms. The fraction of sp³-hybridized carbons (Fsp3) is 0.875. The van der Waals surface area contributed by atoms with Crippen LogP contribution in [0.1, 0.15) is 51.9 Å². The predicted octanol–water partition coefficient (Wildman–Crippen LogP) is 2.81. The van der Waals surface area contributed by atoms with Gasteiger partial charge >= 0.3 is 0 Å². The molecule has 100 valence electrons. The molecule has 2 nitrogen and oxygen atoms in total. The normalized spacial score (nSPS) is 49.3. The van der Waals surface area contributed by atoms with Gasteiger partial charge in [0.1, 0.15) is 0 Å².